The first-order chi connectivity index (χ1) is 15.6. The molecule has 0 fully saturated rings. The van der Waals surface area contributed by atoms with E-state index in [1.54, 1.807) is 36.8 Å². The van der Waals surface area contributed by atoms with Gasteiger partial charge in [-0.15, -0.1) is 11.3 Å². The summed E-state index contributed by atoms with van der Waals surface area (Å²) in [4.78, 5) is 21.2. The summed E-state index contributed by atoms with van der Waals surface area (Å²) in [6, 6.07) is 6.68. The van der Waals surface area contributed by atoms with Crippen LogP contribution in [-0.2, 0) is 0 Å². The fourth-order valence-corrected chi connectivity index (χ4v) is 4.48. The van der Waals surface area contributed by atoms with E-state index in [-0.39, 0.29) is 16.2 Å². The minimum absolute atomic E-state index is 0.190. The highest BCUT2D eigenvalue weighted by Crippen LogP contribution is 2.35. The Morgan fingerprint density at radius 3 is 2.66 bits per heavy atom. The fraction of sp³-hybridized carbons (Fsp3) is 0.0455. The summed E-state index contributed by atoms with van der Waals surface area (Å²) in [6.07, 6.45) is 6.39. The first kappa shape index (κ1) is 18.7. The van der Waals surface area contributed by atoms with Crippen molar-refractivity contribution in [3.8, 4) is 33.2 Å². The molecule has 156 valence electrons. The molecule has 0 aliphatic heterocycles. The molecule has 6 rings (SSSR count). The maximum Gasteiger partial charge on any atom is 0.176 e. The number of hydrogen-bond acceptors (Lipinski definition) is 6. The molecule has 0 unspecified atom stereocenters. The standard InChI is InChI=1S/C22H13F2N7S/c1-10-4-6-25-8-12(10)18-17(24)16-13(9-27-18)30-31-20(16)22-28-19-11(5-7-26-21(19)29-22)14-2-3-15(23)32-14/h2-9H,1H3,(H,30,31)(H,26,28,29). The second-order valence-electron chi connectivity index (χ2n) is 7.22. The van der Waals surface area contributed by atoms with E-state index < -0.39 is 5.82 Å². The lowest BCUT2D eigenvalue weighted by atomic mass is 10.1. The van der Waals surface area contributed by atoms with E-state index in [1.165, 1.54) is 12.3 Å². The zero-order chi connectivity index (χ0) is 21.8. The van der Waals surface area contributed by atoms with Crippen molar-refractivity contribution < 1.29 is 8.78 Å². The molecule has 0 amide bonds. The number of rotatable bonds is 3. The van der Waals surface area contributed by atoms with Gasteiger partial charge in [-0.3, -0.25) is 15.1 Å². The SMILES string of the molecule is Cc1ccncc1-c1ncc2[nH]nc(-c3nc4c(-c5ccc(F)s5)ccnc4[nH]3)c2c1F. The smallest absolute Gasteiger partial charge is 0.176 e. The number of aromatic amines is 2. The van der Waals surface area contributed by atoms with Gasteiger partial charge in [-0.05, 0) is 36.8 Å². The number of nitrogens with zero attached hydrogens (tertiary/aromatic N) is 5. The van der Waals surface area contributed by atoms with E-state index in [4.69, 9.17) is 0 Å². The minimum atomic E-state index is -0.517. The average molecular weight is 445 g/mol. The van der Waals surface area contributed by atoms with Crippen LogP contribution >= 0.6 is 11.3 Å². The summed E-state index contributed by atoms with van der Waals surface area (Å²) in [7, 11) is 0. The molecule has 0 saturated carbocycles. The predicted octanol–water partition coefficient (Wildman–Crippen LogP) is 5.27. The summed E-state index contributed by atoms with van der Waals surface area (Å²) < 4.78 is 29.2. The maximum atomic E-state index is 15.7. The van der Waals surface area contributed by atoms with Crippen LogP contribution in [0.5, 0.6) is 0 Å². The average Bonchev–Trinajstić information content (AvgIpc) is 3.52. The first-order valence-electron chi connectivity index (χ1n) is 9.64. The van der Waals surface area contributed by atoms with Gasteiger partial charge in [-0.25, -0.2) is 14.4 Å². The molecule has 0 radical (unpaired) electrons. The highest BCUT2D eigenvalue weighted by molar-refractivity contribution is 7.14. The molecule has 0 aliphatic carbocycles. The van der Waals surface area contributed by atoms with Gasteiger partial charge >= 0.3 is 0 Å². The lowest BCUT2D eigenvalue weighted by Crippen LogP contribution is -1.94. The number of fused-ring (bicyclic) bond motifs is 2. The molecule has 10 heteroatoms. The lowest BCUT2D eigenvalue weighted by molar-refractivity contribution is 0.638. The molecule has 0 saturated heterocycles. The maximum absolute atomic E-state index is 15.7. The van der Waals surface area contributed by atoms with Crippen LogP contribution in [0.25, 0.3) is 55.3 Å². The number of thiophene rings is 1. The van der Waals surface area contributed by atoms with Crippen molar-refractivity contribution in [3.63, 3.8) is 0 Å². The number of nitrogens with one attached hydrogen (secondary N) is 2. The topological polar surface area (TPSA) is 96.0 Å². The Morgan fingerprint density at radius 1 is 0.938 bits per heavy atom. The van der Waals surface area contributed by atoms with Gasteiger partial charge in [0.05, 0.1) is 17.1 Å². The van der Waals surface area contributed by atoms with Crippen molar-refractivity contribution >= 4 is 33.4 Å². The molecule has 0 bridgehead atoms. The van der Waals surface area contributed by atoms with Crippen LogP contribution in [0.4, 0.5) is 8.78 Å². The van der Waals surface area contributed by atoms with Gasteiger partial charge in [-0.2, -0.15) is 9.49 Å². The van der Waals surface area contributed by atoms with E-state index in [0.29, 0.717) is 33.8 Å². The molecule has 6 aromatic heterocycles. The van der Waals surface area contributed by atoms with Crippen molar-refractivity contribution in [1.82, 2.24) is 35.1 Å². The van der Waals surface area contributed by atoms with Gasteiger partial charge in [0.2, 0.25) is 0 Å². The zero-order valence-corrected chi connectivity index (χ0v) is 17.3. The number of imidazole rings is 1. The number of halogens is 2. The fourth-order valence-electron chi connectivity index (χ4n) is 3.73. The van der Waals surface area contributed by atoms with Crippen LogP contribution in [0.1, 0.15) is 5.56 Å². The number of pyridine rings is 3. The molecule has 2 N–H and O–H groups in total. The van der Waals surface area contributed by atoms with Crippen LogP contribution in [0.3, 0.4) is 0 Å². The second kappa shape index (κ2) is 6.99. The molecule has 32 heavy (non-hydrogen) atoms. The molecule has 6 aromatic rings. The summed E-state index contributed by atoms with van der Waals surface area (Å²) in [5, 5.41) is 7.08. The molecule has 6 heterocycles. The molecular weight excluding hydrogens is 432 g/mol. The van der Waals surface area contributed by atoms with Crippen LogP contribution in [0.2, 0.25) is 0 Å². The van der Waals surface area contributed by atoms with Crippen molar-refractivity contribution in [2.24, 2.45) is 0 Å². The van der Waals surface area contributed by atoms with Gasteiger partial charge in [0, 0.05) is 34.6 Å². The van der Waals surface area contributed by atoms with Gasteiger partial charge in [0.1, 0.15) is 16.9 Å². The molecule has 0 aliphatic rings. The highest BCUT2D eigenvalue weighted by atomic mass is 32.1. The van der Waals surface area contributed by atoms with Crippen molar-refractivity contribution in [1.29, 1.82) is 0 Å². The summed E-state index contributed by atoms with van der Waals surface area (Å²) in [5.74, 6) is -0.168. The van der Waals surface area contributed by atoms with Crippen LogP contribution in [-0.4, -0.2) is 35.1 Å². The van der Waals surface area contributed by atoms with Crippen molar-refractivity contribution in [2.45, 2.75) is 6.92 Å². The van der Waals surface area contributed by atoms with Gasteiger partial charge in [-0.1, -0.05) is 0 Å². The molecule has 0 aromatic carbocycles. The first-order valence-corrected chi connectivity index (χ1v) is 10.5. The highest BCUT2D eigenvalue weighted by Gasteiger charge is 2.22. The van der Waals surface area contributed by atoms with E-state index in [2.05, 4.69) is 35.1 Å². The minimum Gasteiger partial charge on any atom is -0.321 e. The summed E-state index contributed by atoms with van der Waals surface area (Å²) in [5.41, 5.74) is 4.19. The number of hydrogen-bond donors (Lipinski definition) is 2. The quantitative estimate of drug-likeness (QED) is 0.387. The molecule has 0 spiro atoms. The summed E-state index contributed by atoms with van der Waals surface area (Å²) in [6.45, 7) is 1.87. The second-order valence-corrected chi connectivity index (χ2v) is 8.25. The Hall–Kier alpha value is -4.05. The monoisotopic (exact) mass is 445 g/mol. The van der Waals surface area contributed by atoms with Crippen molar-refractivity contribution in [2.75, 3.05) is 0 Å². The summed E-state index contributed by atoms with van der Waals surface area (Å²) >= 11 is 1.02. The molecule has 7 nitrogen and oxygen atoms in total. The number of aryl methyl sites for hydroxylation is 1. The Bertz CT molecular complexity index is 1630. The van der Waals surface area contributed by atoms with Crippen molar-refractivity contribution in [3.05, 3.63) is 65.6 Å². The van der Waals surface area contributed by atoms with E-state index in [9.17, 15) is 4.39 Å². The largest absolute Gasteiger partial charge is 0.321 e. The molecular formula is C22H13F2N7S. The zero-order valence-electron chi connectivity index (χ0n) is 16.5. The van der Waals surface area contributed by atoms with E-state index >= 15 is 4.39 Å². The van der Waals surface area contributed by atoms with Crippen LogP contribution < -0.4 is 0 Å². The van der Waals surface area contributed by atoms with Crippen LogP contribution in [0, 0.1) is 17.9 Å². The normalized spacial score (nSPS) is 11.6. The van der Waals surface area contributed by atoms with Gasteiger partial charge in [0.15, 0.2) is 22.4 Å². The van der Waals surface area contributed by atoms with Crippen LogP contribution in [0.15, 0.2) is 49.1 Å². The van der Waals surface area contributed by atoms with Gasteiger partial charge in [0.25, 0.3) is 0 Å². The van der Waals surface area contributed by atoms with E-state index in [0.717, 1.165) is 27.3 Å². The number of H-pyrrole nitrogens is 2. The Morgan fingerprint density at radius 2 is 1.84 bits per heavy atom. The van der Waals surface area contributed by atoms with Gasteiger partial charge < -0.3 is 4.98 Å². The Balaban J connectivity index is 1.56. The third kappa shape index (κ3) is 2.80. The predicted molar refractivity (Wildman–Crippen MR) is 118 cm³/mol. The Labute approximate surface area is 183 Å². The third-order valence-corrected chi connectivity index (χ3v) is 6.19. The number of aromatic nitrogens is 7. The van der Waals surface area contributed by atoms with E-state index in [1.807, 2.05) is 6.92 Å². The third-order valence-electron chi connectivity index (χ3n) is 5.29. The Kier molecular flexibility index (Phi) is 4.08. The lowest BCUT2D eigenvalue weighted by Gasteiger charge is -2.06. The molecule has 0 atom stereocenters.